The molecule has 13 heavy (non-hydrogen) atoms. The van der Waals surface area contributed by atoms with Gasteiger partial charge in [0, 0.05) is 18.0 Å². The lowest BCUT2D eigenvalue weighted by Crippen LogP contribution is -2.15. The van der Waals surface area contributed by atoms with E-state index < -0.39 is 0 Å². The topological polar surface area (TPSA) is 37.8 Å². The van der Waals surface area contributed by atoms with Crippen LogP contribution in [-0.2, 0) is 6.42 Å². The quantitative estimate of drug-likeness (QED) is 0.746. The summed E-state index contributed by atoms with van der Waals surface area (Å²) in [6.45, 7) is 4.07. The maximum atomic E-state index is 5.31. The Morgan fingerprint density at radius 1 is 1.62 bits per heavy atom. The molecule has 70 valence electrons. The Kier molecular flexibility index (Phi) is 3.71. The first kappa shape index (κ1) is 10.0. The molecular formula is C9H13N3S. The molecule has 0 fully saturated rings. The van der Waals surface area contributed by atoms with Gasteiger partial charge in [-0.1, -0.05) is 19.8 Å². The second-order valence-corrected chi connectivity index (χ2v) is 3.39. The van der Waals surface area contributed by atoms with Crippen LogP contribution >= 0.6 is 11.5 Å². The van der Waals surface area contributed by atoms with Gasteiger partial charge in [-0.3, -0.25) is 0 Å². The third-order valence-electron chi connectivity index (χ3n) is 1.69. The fourth-order valence-electron chi connectivity index (χ4n) is 0.867. The van der Waals surface area contributed by atoms with E-state index in [0.29, 0.717) is 0 Å². The Morgan fingerprint density at radius 2 is 2.38 bits per heavy atom. The molecule has 3 nitrogen and oxygen atoms in total. The summed E-state index contributed by atoms with van der Waals surface area (Å²) in [5.41, 5.74) is 0. The smallest absolute Gasteiger partial charge is 0.203 e. The van der Waals surface area contributed by atoms with Crippen LogP contribution in [0, 0.1) is 12.3 Å². The van der Waals surface area contributed by atoms with E-state index >= 15 is 0 Å². The number of hydrogen-bond donors (Lipinski definition) is 1. The van der Waals surface area contributed by atoms with E-state index in [4.69, 9.17) is 6.42 Å². The van der Waals surface area contributed by atoms with Gasteiger partial charge in [0.1, 0.15) is 5.82 Å². The van der Waals surface area contributed by atoms with Crippen molar-refractivity contribution in [2.24, 2.45) is 0 Å². The Balaban J connectivity index is 2.58. The second kappa shape index (κ2) is 4.83. The van der Waals surface area contributed by atoms with Crippen LogP contribution in [0.2, 0.25) is 0 Å². The number of anilines is 1. The van der Waals surface area contributed by atoms with E-state index in [9.17, 15) is 0 Å². The molecule has 0 spiro atoms. The predicted molar refractivity (Wildman–Crippen MR) is 55.8 cm³/mol. The highest BCUT2D eigenvalue weighted by atomic mass is 32.1. The third-order valence-corrected chi connectivity index (χ3v) is 2.38. The standard InChI is InChI=1S/C9H13N3S/c1-4-7(5-2)10-9-11-8(6-3)12-13-9/h1,7H,5-6H2,2-3H3,(H,10,11,12). The summed E-state index contributed by atoms with van der Waals surface area (Å²) >= 11 is 1.37. The molecule has 0 saturated heterocycles. The van der Waals surface area contributed by atoms with Crippen LogP contribution in [0.1, 0.15) is 26.1 Å². The Hall–Kier alpha value is -1.08. The average molecular weight is 195 g/mol. The fraction of sp³-hybridized carbons (Fsp3) is 0.556. The highest BCUT2D eigenvalue weighted by molar-refractivity contribution is 7.09. The van der Waals surface area contributed by atoms with E-state index in [-0.39, 0.29) is 6.04 Å². The Bertz CT molecular complexity index is 300. The molecule has 1 aromatic rings. The molecule has 1 N–H and O–H groups in total. The first-order valence-electron chi connectivity index (χ1n) is 4.35. The van der Waals surface area contributed by atoms with Gasteiger partial charge >= 0.3 is 0 Å². The van der Waals surface area contributed by atoms with Crippen LogP contribution in [-0.4, -0.2) is 15.4 Å². The number of aryl methyl sites for hydroxylation is 1. The van der Waals surface area contributed by atoms with Crippen molar-refractivity contribution < 1.29 is 0 Å². The highest BCUT2D eigenvalue weighted by Gasteiger charge is 2.05. The van der Waals surface area contributed by atoms with Gasteiger partial charge in [-0.2, -0.15) is 4.37 Å². The summed E-state index contributed by atoms with van der Waals surface area (Å²) in [5, 5.41) is 3.96. The molecule has 0 bridgehead atoms. The number of hydrogen-bond acceptors (Lipinski definition) is 4. The predicted octanol–water partition coefficient (Wildman–Crippen LogP) is 1.92. The van der Waals surface area contributed by atoms with Crippen molar-refractivity contribution in [1.29, 1.82) is 0 Å². The van der Waals surface area contributed by atoms with Gasteiger partial charge in [0.25, 0.3) is 0 Å². The van der Waals surface area contributed by atoms with Crippen molar-refractivity contribution in [2.75, 3.05) is 5.32 Å². The summed E-state index contributed by atoms with van der Waals surface area (Å²) in [4.78, 5) is 4.27. The molecule has 1 rings (SSSR count). The van der Waals surface area contributed by atoms with Crippen molar-refractivity contribution in [2.45, 2.75) is 32.7 Å². The zero-order valence-corrected chi connectivity index (χ0v) is 8.69. The lowest BCUT2D eigenvalue weighted by atomic mass is 10.2. The molecule has 0 aliphatic carbocycles. The minimum atomic E-state index is 0.0673. The lowest BCUT2D eigenvalue weighted by Gasteiger charge is -2.07. The minimum absolute atomic E-state index is 0.0673. The summed E-state index contributed by atoms with van der Waals surface area (Å²) in [7, 11) is 0. The van der Waals surface area contributed by atoms with Gasteiger partial charge in [0.2, 0.25) is 5.13 Å². The number of rotatable bonds is 4. The van der Waals surface area contributed by atoms with Crippen molar-refractivity contribution >= 4 is 16.7 Å². The molecule has 0 aliphatic heterocycles. The van der Waals surface area contributed by atoms with E-state index in [0.717, 1.165) is 23.8 Å². The zero-order valence-electron chi connectivity index (χ0n) is 7.87. The first-order valence-corrected chi connectivity index (χ1v) is 5.12. The number of aromatic nitrogens is 2. The van der Waals surface area contributed by atoms with Gasteiger partial charge in [-0.15, -0.1) is 6.42 Å². The number of nitrogens with zero attached hydrogens (tertiary/aromatic N) is 2. The summed E-state index contributed by atoms with van der Waals surface area (Å²) in [5.74, 6) is 3.53. The van der Waals surface area contributed by atoms with Crippen molar-refractivity contribution in [3.05, 3.63) is 5.82 Å². The van der Waals surface area contributed by atoms with Gasteiger partial charge in [-0.25, -0.2) is 4.98 Å². The molecule has 1 unspecified atom stereocenters. The molecule has 0 amide bonds. The van der Waals surface area contributed by atoms with E-state index in [2.05, 4.69) is 20.6 Å². The molecular weight excluding hydrogens is 182 g/mol. The zero-order chi connectivity index (χ0) is 9.68. The third kappa shape index (κ3) is 2.71. The maximum absolute atomic E-state index is 5.31. The van der Waals surface area contributed by atoms with Gasteiger partial charge < -0.3 is 5.32 Å². The van der Waals surface area contributed by atoms with Crippen molar-refractivity contribution in [3.8, 4) is 12.3 Å². The molecule has 0 radical (unpaired) electrons. The van der Waals surface area contributed by atoms with Crippen LogP contribution in [0.4, 0.5) is 5.13 Å². The molecule has 0 aromatic carbocycles. The van der Waals surface area contributed by atoms with Crippen LogP contribution in [0.15, 0.2) is 0 Å². The molecule has 0 saturated carbocycles. The molecule has 4 heteroatoms. The van der Waals surface area contributed by atoms with E-state index in [1.54, 1.807) is 0 Å². The van der Waals surface area contributed by atoms with Crippen LogP contribution in [0.25, 0.3) is 0 Å². The SMILES string of the molecule is C#CC(CC)Nc1nc(CC)ns1. The largest absolute Gasteiger partial charge is 0.347 e. The van der Waals surface area contributed by atoms with Crippen molar-refractivity contribution in [3.63, 3.8) is 0 Å². The summed E-state index contributed by atoms with van der Waals surface area (Å²) in [6, 6.07) is 0.0673. The number of terminal acetylenes is 1. The van der Waals surface area contributed by atoms with Gasteiger partial charge in [0.05, 0.1) is 6.04 Å². The summed E-state index contributed by atoms with van der Waals surface area (Å²) < 4.78 is 4.16. The van der Waals surface area contributed by atoms with Crippen LogP contribution in [0.5, 0.6) is 0 Å². The highest BCUT2D eigenvalue weighted by Crippen LogP contribution is 2.13. The van der Waals surface area contributed by atoms with Crippen LogP contribution in [0.3, 0.4) is 0 Å². The average Bonchev–Trinajstić information content (AvgIpc) is 2.61. The minimum Gasteiger partial charge on any atom is -0.347 e. The molecule has 1 atom stereocenters. The molecule has 0 aliphatic rings. The van der Waals surface area contributed by atoms with Crippen molar-refractivity contribution in [1.82, 2.24) is 9.36 Å². The lowest BCUT2D eigenvalue weighted by molar-refractivity contribution is 0.852. The fourth-order valence-corrected chi connectivity index (χ4v) is 1.57. The number of nitrogens with one attached hydrogen (secondary N) is 1. The van der Waals surface area contributed by atoms with E-state index in [1.165, 1.54) is 11.5 Å². The molecule has 1 aromatic heterocycles. The monoisotopic (exact) mass is 195 g/mol. The first-order chi connectivity index (χ1) is 6.30. The summed E-state index contributed by atoms with van der Waals surface area (Å²) in [6.07, 6.45) is 7.08. The van der Waals surface area contributed by atoms with Gasteiger partial charge in [-0.05, 0) is 6.42 Å². The Morgan fingerprint density at radius 3 is 2.85 bits per heavy atom. The van der Waals surface area contributed by atoms with Crippen LogP contribution < -0.4 is 5.32 Å². The van der Waals surface area contributed by atoms with Gasteiger partial charge in [0.15, 0.2) is 0 Å². The normalized spacial score (nSPS) is 12.1. The maximum Gasteiger partial charge on any atom is 0.203 e. The molecule has 1 heterocycles. The Labute approximate surface area is 82.8 Å². The van der Waals surface area contributed by atoms with E-state index in [1.807, 2.05) is 13.8 Å². The second-order valence-electron chi connectivity index (χ2n) is 2.64.